The normalized spacial score (nSPS) is 25.6. The second kappa shape index (κ2) is 8.91. The van der Waals surface area contributed by atoms with E-state index in [1.807, 2.05) is 0 Å². The quantitative estimate of drug-likeness (QED) is 0.593. The Morgan fingerprint density at radius 2 is 1.60 bits per heavy atom. The minimum atomic E-state index is -4.07. The van der Waals surface area contributed by atoms with E-state index < -0.39 is 12.1 Å². The summed E-state index contributed by atoms with van der Waals surface area (Å²) in [6.45, 7) is 2.18. The molecule has 0 aromatic heterocycles. The number of unbranched alkanes of at least 4 members (excludes halogenated alkanes) is 5. The SMILES string of the molecule is CCCCCCCCC(N)C1CCCCC1C(F)(F)F. The van der Waals surface area contributed by atoms with E-state index in [1.165, 1.54) is 25.7 Å². The average molecular weight is 293 g/mol. The van der Waals surface area contributed by atoms with E-state index in [9.17, 15) is 13.2 Å². The summed E-state index contributed by atoms with van der Waals surface area (Å²) in [5.41, 5.74) is 6.08. The van der Waals surface area contributed by atoms with Crippen molar-refractivity contribution in [2.75, 3.05) is 0 Å². The van der Waals surface area contributed by atoms with E-state index in [4.69, 9.17) is 5.73 Å². The van der Waals surface area contributed by atoms with Crippen molar-refractivity contribution >= 4 is 0 Å². The standard InChI is InChI=1S/C16H30F3N/c1-2-3-4-5-6-7-12-15(20)13-10-8-9-11-14(13)16(17,18)19/h13-15H,2-12,20H2,1H3. The van der Waals surface area contributed by atoms with Gasteiger partial charge in [-0.1, -0.05) is 58.3 Å². The molecule has 4 heteroatoms. The van der Waals surface area contributed by atoms with Gasteiger partial charge in [-0.3, -0.25) is 0 Å². The summed E-state index contributed by atoms with van der Waals surface area (Å²) in [5.74, 6) is -1.51. The summed E-state index contributed by atoms with van der Waals surface area (Å²) in [5, 5.41) is 0. The first-order valence-corrected chi connectivity index (χ1v) is 8.29. The van der Waals surface area contributed by atoms with E-state index in [1.54, 1.807) is 0 Å². The van der Waals surface area contributed by atoms with Gasteiger partial charge in [0, 0.05) is 6.04 Å². The first kappa shape index (κ1) is 17.8. The van der Waals surface area contributed by atoms with Crippen LogP contribution in [0, 0.1) is 11.8 Å². The fourth-order valence-corrected chi connectivity index (χ4v) is 3.45. The van der Waals surface area contributed by atoms with Gasteiger partial charge in [0.2, 0.25) is 0 Å². The monoisotopic (exact) mass is 293 g/mol. The maximum absolute atomic E-state index is 13.0. The van der Waals surface area contributed by atoms with E-state index in [-0.39, 0.29) is 18.4 Å². The maximum Gasteiger partial charge on any atom is 0.392 e. The van der Waals surface area contributed by atoms with Crippen LogP contribution in [0.25, 0.3) is 0 Å². The minimum Gasteiger partial charge on any atom is -0.327 e. The molecule has 0 spiro atoms. The molecule has 2 N–H and O–H groups in total. The Morgan fingerprint density at radius 3 is 2.25 bits per heavy atom. The molecule has 1 aliphatic rings. The van der Waals surface area contributed by atoms with Gasteiger partial charge in [0.15, 0.2) is 0 Å². The van der Waals surface area contributed by atoms with Gasteiger partial charge in [-0.15, -0.1) is 0 Å². The topological polar surface area (TPSA) is 26.0 Å². The lowest BCUT2D eigenvalue weighted by Crippen LogP contribution is -2.43. The zero-order valence-electron chi connectivity index (χ0n) is 12.7. The van der Waals surface area contributed by atoms with Gasteiger partial charge >= 0.3 is 6.18 Å². The third-order valence-electron chi connectivity index (χ3n) is 4.68. The summed E-state index contributed by atoms with van der Waals surface area (Å²) < 4.78 is 39.1. The summed E-state index contributed by atoms with van der Waals surface area (Å²) in [6, 6.07) is -0.270. The molecular formula is C16H30F3N. The zero-order valence-corrected chi connectivity index (χ0v) is 12.7. The first-order chi connectivity index (χ1) is 9.46. The molecular weight excluding hydrogens is 263 g/mol. The molecule has 0 bridgehead atoms. The predicted octanol–water partition coefficient (Wildman–Crippen LogP) is 5.43. The summed E-state index contributed by atoms with van der Waals surface area (Å²) in [7, 11) is 0. The molecule has 0 aliphatic heterocycles. The van der Waals surface area contributed by atoms with Crippen molar-refractivity contribution in [3.63, 3.8) is 0 Å². The van der Waals surface area contributed by atoms with Crippen LogP contribution < -0.4 is 5.73 Å². The number of hydrogen-bond donors (Lipinski definition) is 1. The number of nitrogens with two attached hydrogens (primary N) is 1. The fourth-order valence-electron chi connectivity index (χ4n) is 3.45. The third kappa shape index (κ3) is 6.02. The van der Waals surface area contributed by atoms with Gasteiger partial charge in [0.05, 0.1) is 5.92 Å². The summed E-state index contributed by atoms with van der Waals surface area (Å²) in [4.78, 5) is 0. The van der Waals surface area contributed by atoms with Gasteiger partial charge in [0.25, 0.3) is 0 Å². The van der Waals surface area contributed by atoms with E-state index in [0.29, 0.717) is 12.8 Å². The molecule has 0 saturated heterocycles. The highest BCUT2D eigenvalue weighted by molar-refractivity contribution is 4.86. The van der Waals surface area contributed by atoms with Crippen LogP contribution >= 0.6 is 0 Å². The molecule has 1 saturated carbocycles. The molecule has 1 rings (SSSR count). The highest BCUT2D eigenvalue weighted by Gasteiger charge is 2.46. The highest BCUT2D eigenvalue weighted by Crippen LogP contribution is 2.43. The second-order valence-corrected chi connectivity index (χ2v) is 6.32. The molecule has 3 atom stereocenters. The smallest absolute Gasteiger partial charge is 0.327 e. The Bertz CT molecular complexity index is 253. The first-order valence-electron chi connectivity index (χ1n) is 8.29. The highest BCUT2D eigenvalue weighted by atomic mass is 19.4. The van der Waals surface area contributed by atoms with Crippen molar-refractivity contribution in [1.29, 1.82) is 0 Å². The summed E-state index contributed by atoms with van der Waals surface area (Å²) >= 11 is 0. The van der Waals surface area contributed by atoms with Crippen LogP contribution in [0.2, 0.25) is 0 Å². The van der Waals surface area contributed by atoms with Crippen molar-refractivity contribution in [3.05, 3.63) is 0 Å². The Hall–Kier alpha value is -0.250. The van der Waals surface area contributed by atoms with Gasteiger partial charge in [0.1, 0.15) is 0 Å². The molecule has 0 aromatic carbocycles. The van der Waals surface area contributed by atoms with Gasteiger partial charge < -0.3 is 5.73 Å². The summed E-state index contributed by atoms with van der Waals surface area (Å²) in [6.07, 6.45) is 6.20. The Kier molecular flexibility index (Phi) is 7.93. The van der Waals surface area contributed by atoms with E-state index in [2.05, 4.69) is 6.92 Å². The number of alkyl halides is 3. The Labute approximate surface area is 121 Å². The number of halogens is 3. The Balaban J connectivity index is 2.30. The zero-order chi connectivity index (χ0) is 15.0. The molecule has 0 aromatic rings. The van der Waals surface area contributed by atoms with Crippen LogP contribution in [0.1, 0.15) is 77.6 Å². The molecule has 0 amide bonds. The van der Waals surface area contributed by atoms with Crippen LogP contribution in [-0.2, 0) is 0 Å². The van der Waals surface area contributed by atoms with Crippen LogP contribution in [0.3, 0.4) is 0 Å². The van der Waals surface area contributed by atoms with Crippen molar-refractivity contribution in [1.82, 2.24) is 0 Å². The van der Waals surface area contributed by atoms with Crippen LogP contribution in [0.15, 0.2) is 0 Å². The molecule has 3 unspecified atom stereocenters. The second-order valence-electron chi connectivity index (χ2n) is 6.32. The van der Waals surface area contributed by atoms with Crippen LogP contribution in [-0.4, -0.2) is 12.2 Å². The molecule has 0 radical (unpaired) electrons. The molecule has 0 heterocycles. The van der Waals surface area contributed by atoms with Crippen molar-refractivity contribution in [2.24, 2.45) is 17.6 Å². The Morgan fingerprint density at radius 1 is 1.00 bits per heavy atom. The molecule has 1 nitrogen and oxygen atoms in total. The third-order valence-corrected chi connectivity index (χ3v) is 4.68. The number of rotatable bonds is 8. The van der Waals surface area contributed by atoms with Crippen molar-refractivity contribution in [3.8, 4) is 0 Å². The van der Waals surface area contributed by atoms with E-state index in [0.717, 1.165) is 25.7 Å². The predicted molar refractivity (Wildman–Crippen MR) is 77.5 cm³/mol. The molecule has 120 valence electrons. The minimum absolute atomic E-state index is 0.270. The van der Waals surface area contributed by atoms with Crippen LogP contribution in [0.5, 0.6) is 0 Å². The van der Waals surface area contributed by atoms with Gasteiger partial charge in [-0.2, -0.15) is 13.2 Å². The lowest BCUT2D eigenvalue weighted by atomic mass is 9.74. The molecule has 20 heavy (non-hydrogen) atoms. The van der Waals surface area contributed by atoms with Gasteiger partial charge in [-0.05, 0) is 25.2 Å². The largest absolute Gasteiger partial charge is 0.392 e. The van der Waals surface area contributed by atoms with Gasteiger partial charge in [-0.25, -0.2) is 0 Å². The lowest BCUT2D eigenvalue weighted by molar-refractivity contribution is -0.198. The maximum atomic E-state index is 13.0. The fraction of sp³-hybridized carbons (Fsp3) is 1.00. The number of hydrogen-bond acceptors (Lipinski definition) is 1. The van der Waals surface area contributed by atoms with Crippen molar-refractivity contribution in [2.45, 2.75) is 89.8 Å². The van der Waals surface area contributed by atoms with E-state index >= 15 is 0 Å². The molecule has 1 aliphatic carbocycles. The average Bonchev–Trinajstić information content (AvgIpc) is 2.41. The lowest BCUT2D eigenvalue weighted by Gasteiger charge is -2.36. The van der Waals surface area contributed by atoms with Crippen molar-refractivity contribution < 1.29 is 13.2 Å². The molecule has 1 fully saturated rings. The van der Waals surface area contributed by atoms with Crippen LogP contribution in [0.4, 0.5) is 13.2 Å².